The highest BCUT2D eigenvalue weighted by molar-refractivity contribution is 6.31. The molecule has 0 bridgehead atoms. The lowest BCUT2D eigenvalue weighted by Gasteiger charge is -2.07. The smallest absolute Gasteiger partial charge is 0.256 e. The van der Waals surface area contributed by atoms with Crippen molar-refractivity contribution >= 4 is 33.3 Å². The Balaban J connectivity index is 2.06. The van der Waals surface area contributed by atoms with Gasteiger partial charge in [0.2, 0.25) is 0 Å². The number of fused-ring (bicyclic) bond motifs is 3. The standard InChI is InChI=1S/C19H20ClNO/c1-2-3-4-5-6-13-7-10-18-17(11-13)16-12-14(20)8-9-15(16)19(22)21-18/h7-12H,2-6H2,1H3,(H,21,22). The largest absolute Gasteiger partial charge is 0.321 e. The number of pyridine rings is 1. The van der Waals surface area contributed by atoms with Crippen LogP contribution in [-0.2, 0) is 6.42 Å². The molecule has 0 saturated carbocycles. The number of nitrogens with one attached hydrogen (secondary N) is 1. The van der Waals surface area contributed by atoms with Gasteiger partial charge < -0.3 is 4.98 Å². The molecular weight excluding hydrogens is 294 g/mol. The minimum atomic E-state index is -0.0603. The van der Waals surface area contributed by atoms with E-state index in [0.717, 1.165) is 22.7 Å². The molecule has 0 aliphatic heterocycles. The van der Waals surface area contributed by atoms with E-state index in [1.165, 1.54) is 31.2 Å². The first-order chi connectivity index (χ1) is 10.7. The van der Waals surface area contributed by atoms with E-state index in [1.54, 1.807) is 12.1 Å². The predicted octanol–water partition coefficient (Wildman–Crippen LogP) is 5.46. The van der Waals surface area contributed by atoms with E-state index in [2.05, 4.69) is 24.0 Å². The first-order valence-electron chi connectivity index (χ1n) is 7.93. The van der Waals surface area contributed by atoms with Gasteiger partial charge in [0.25, 0.3) is 5.56 Å². The summed E-state index contributed by atoms with van der Waals surface area (Å²) in [6.07, 6.45) is 6.10. The van der Waals surface area contributed by atoms with Crippen LogP contribution < -0.4 is 5.56 Å². The van der Waals surface area contributed by atoms with Crippen molar-refractivity contribution in [2.24, 2.45) is 0 Å². The number of aromatic amines is 1. The van der Waals surface area contributed by atoms with Crippen molar-refractivity contribution in [3.05, 3.63) is 57.3 Å². The second-order valence-corrected chi connectivity index (χ2v) is 6.27. The predicted molar refractivity (Wildman–Crippen MR) is 94.9 cm³/mol. The summed E-state index contributed by atoms with van der Waals surface area (Å²) in [7, 11) is 0. The Bertz CT molecular complexity index is 866. The maximum Gasteiger partial charge on any atom is 0.256 e. The van der Waals surface area contributed by atoms with Gasteiger partial charge in [0.05, 0.1) is 0 Å². The molecule has 0 fully saturated rings. The summed E-state index contributed by atoms with van der Waals surface area (Å²) in [5.74, 6) is 0. The van der Waals surface area contributed by atoms with Gasteiger partial charge in [-0.25, -0.2) is 0 Å². The van der Waals surface area contributed by atoms with Crippen molar-refractivity contribution in [1.29, 1.82) is 0 Å². The minimum absolute atomic E-state index is 0.0603. The lowest BCUT2D eigenvalue weighted by atomic mass is 10.0. The van der Waals surface area contributed by atoms with Crippen LogP contribution in [0, 0.1) is 0 Å². The summed E-state index contributed by atoms with van der Waals surface area (Å²) in [6.45, 7) is 2.22. The monoisotopic (exact) mass is 313 g/mol. The van der Waals surface area contributed by atoms with E-state index in [1.807, 2.05) is 12.1 Å². The molecule has 1 heterocycles. The number of benzene rings is 2. The average Bonchev–Trinajstić information content (AvgIpc) is 2.52. The Labute approximate surface area is 135 Å². The maximum absolute atomic E-state index is 12.1. The van der Waals surface area contributed by atoms with E-state index in [9.17, 15) is 4.79 Å². The minimum Gasteiger partial charge on any atom is -0.321 e. The highest BCUT2D eigenvalue weighted by Gasteiger charge is 2.06. The number of halogens is 1. The Morgan fingerprint density at radius 1 is 0.955 bits per heavy atom. The molecule has 3 aromatic rings. The van der Waals surface area contributed by atoms with Crippen LogP contribution in [0.25, 0.3) is 21.7 Å². The molecule has 22 heavy (non-hydrogen) atoms. The average molecular weight is 314 g/mol. The molecule has 1 N–H and O–H groups in total. The Hall–Kier alpha value is -1.80. The number of hydrogen-bond donors (Lipinski definition) is 1. The zero-order valence-electron chi connectivity index (χ0n) is 12.8. The number of aryl methyl sites for hydroxylation is 1. The van der Waals surface area contributed by atoms with E-state index >= 15 is 0 Å². The second-order valence-electron chi connectivity index (χ2n) is 5.83. The van der Waals surface area contributed by atoms with Gasteiger partial charge in [-0.3, -0.25) is 4.79 Å². The molecule has 3 rings (SSSR count). The Morgan fingerprint density at radius 2 is 1.82 bits per heavy atom. The molecular formula is C19H20ClNO. The van der Waals surface area contributed by atoms with E-state index in [4.69, 9.17) is 11.6 Å². The lowest BCUT2D eigenvalue weighted by molar-refractivity contribution is 0.667. The van der Waals surface area contributed by atoms with Crippen molar-refractivity contribution in [2.75, 3.05) is 0 Å². The molecule has 0 spiro atoms. The highest BCUT2D eigenvalue weighted by atomic mass is 35.5. The molecule has 0 atom stereocenters. The summed E-state index contributed by atoms with van der Waals surface area (Å²) in [6, 6.07) is 11.8. The molecule has 0 amide bonds. The van der Waals surface area contributed by atoms with Gasteiger partial charge >= 0.3 is 0 Å². The normalized spacial score (nSPS) is 11.4. The summed E-state index contributed by atoms with van der Waals surface area (Å²) in [5, 5.41) is 3.36. The third-order valence-corrected chi connectivity index (χ3v) is 4.40. The zero-order chi connectivity index (χ0) is 15.5. The van der Waals surface area contributed by atoms with E-state index in [0.29, 0.717) is 10.4 Å². The summed E-state index contributed by atoms with van der Waals surface area (Å²) in [4.78, 5) is 15.1. The van der Waals surface area contributed by atoms with Crippen molar-refractivity contribution in [3.63, 3.8) is 0 Å². The fourth-order valence-electron chi connectivity index (χ4n) is 2.96. The Kier molecular flexibility index (Phi) is 4.49. The van der Waals surface area contributed by atoms with Crippen LogP contribution in [-0.4, -0.2) is 4.98 Å². The zero-order valence-corrected chi connectivity index (χ0v) is 13.5. The first kappa shape index (κ1) is 15.1. The molecule has 2 nitrogen and oxygen atoms in total. The molecule has 0 radical (unpaired) electrons. The number of aromatic nitrogens is 1. The molecule has 1 aromatic heterocycles. The van der Waals surface area contributed by atoms with Crippen LogP contribution >= 0.6 is 11.6 Å². The van der Waals surface area contributed by atoms with Gasteiger partial charge in [-0.15, -0.1) is 0 Å². The third kappa shape index (κ3) is 3.02. The Morgan fingerprint density at radius 3 is 2.64 bits per heavy atom. The van der Waals surface area contributed by atoms with E-state index in [-0.39, 0.29) is 5.56 Å². The highest BCUT2D eigenvalue weighted by Crippen LogP contribution is 2.25. The molecule has 0 aliphatic carbocycles. The van der Waals surface area contributed by atoms with Crippen LogP contribution in [0.3, 0.4) is 0 Å². The molecule has 2 aromatic carbocycles. The van der Waals surface area contributed by atoms with Gasteiger partial charge in [0.1, 0.15) is 0 Å². The topological polar surface area (TPSA) is 32.9 Å². The third-order valence-electron chi connectivity index (χ3n) is 4.17. The van der Waals surface area contributed by atoms with Gasteiger partial charge in [0.15, 0.2) is 0 Å². The summed E-state index contributed by atoms with van der Waals surface area (Å²) >= 11 is 6.12. The fraction of sp³-hybridized carbons (Fsp3) is 0.316. The summed E-state index contributed by atoms with van der Waals surface area (Å²) in [5.41, 5.74) is 2.13. The van der Waals surface area contributed by atoms with Crippen LogP contribution in [0.4, 0.5) is 0 Å². The molecule has 0 saturated heterocycles. The van der Waals surface area contributed by atoms with Crippen LogP contribution in [0.2, 0.25) is 5.02 Å². The second kappa shape index (κ2) is 6.53. The van der Waals surface area contributed by atoms with Gasteiger partial charge in [-0.05, 0) is 54.1 Å². The number of hydrogen-bond acceptors (Lipinski definition) is 1. The maximum atomic E-state index is 12.1. The SMILES string of the molecule is CCCCCCc1ccc2[nH]c(=O)c3ccc(Cl)cc3c2c1. The number of rotatable bonds is 5. The first-order valence-corrected chi connectivity index (χ1v) is 8.31. The van der Waals surface area contributed by atoms with Crippen LogP contribution in [0.15, 0.2) is 41.2 Å². The van der Waals surface area contributed by atoms with Gasteiger partial charge in [0, 0.05) is 21.3 Å². The number of H-pyrrole nitrogens is 1. The van der Waals surface area contributed by atoms with E-state index < -0.39 is 0 Å². The molecule has 114 valence electrons. The van der Waals surface area contributed by atoms with Crippen molar-refractivity contribution in [3.8, 4) is 0 Å². The van der Waals surface area contributed by atoms with Gasteiger partial charge in [-0.2, -0.15) is 0 Å². The van der Waals surface area contributed by atoms with Crippen molar-refractivity contribution in [1.82, 2.24) is 4.98 Å². The molecule has 0 unspecified atom stereocenters. The van der Waals surface area contributed by atoms with Gasteiger partial charge in [-0.1, -0.05) is 43.9 Å². The quantitative estimate of drug-likeness (QED) is 0.492. The van der Waals surface area contributed by atoms with Crippen LogP contribution in [0.5, 0.6) is 0 Å². The summed E-state index contributed by atoms with van der Waals surface area (Å²) < 4.78 is 0. The molecule has 0 aliphatic rings. The van der Waals surface area contributed by atoms with Crippen LogP contribution in [0.1, 0.15) is 38.2 Å². The number of unbranched alkanes of at least 4 members (excludes halogenated alkanes) is 3. The lowest BCUT2D eigenvalue weighted by Crippen LogP contribution is -2.06. The molecule has 3 heteroatoms. The van der Waals surface area contributed by atoms with Crippen molar-refractivity contribution < 1.29 is 0 Å². The fourth-order valence-corrected chi connectivity index (χ4v) is 3.13. The van der Waals surface area contributed by atoms with Crippen molar-refractivity contribution in [2.45, 2.75) is 39.0 Å².